The molecule has 4 heteroatoms. The van der Waals surface area contributed by atoms with Crippen molar-refractivity contribution < 1.29 is 14.0 Å². The van der Waals surface area contributed by atoms with Crippen molar-refractivity contribution in [3.8, 4) is 0 Å². The molecule has 0 saturated heterocycles. The number of halogens is 1. The molecule has 0 aliphatic carbocycles. The van der Waals surface area contributed by atoms with Crippen LogP contribution in [0, 0.1) is 11.7 Å². The zero-order valence-corrected chi connectivity index (χ0v) is 9.94. The van der Waals surface area contributed by atoms with E-state index in [0.717, 1.165) is 0 Å². The van der Waals surface area contributed by atoms with Crippen molar-refractivity contribution in [2.24, 2.45) is 5.92 Å². The maximum Gasteiger partial charge on any atom is 0.267 e. The Balaban J connectivity index is 2.40. The van der Waals surface area contributed by atoms with Crippen molar-refractivity contribution in [3.63, 3.8) is 0 Å². The molecule has 0 aromatic heterocycles. The molecule has 0 atom stereocenters. The van der Waals surface area contributed by atoms with Gasteiger partial charge in [-0.3, -0.25) is 9.63 Å². The quantitative estimate of drug-likeness (QED) is 0.631. The van der Waals surface area contributed by atoms with Gasteiger partial charge in [0.25, 0.3) is 5.91 Å². The molecule has 0 unspecified atom stereocenters. The molecule has 0 radical (unpaired) electrons. The van der Waals surface area contributed by atoms with Gasteiger partial charge in [0, 0.05) is 6.08 Å². The van der Waals surface area contributed by atoms with Crippen molar-refractivity contribution in [2.45, 2.75) is 13.8 Å². The second kappa shape index (κ2) is 6.81. The van der Waals surface area contributed by atoms with Crippen LogP contribution in [0.3, 0.4) is 0 Å². The Hall–Kier alpha value is -1.68. The van der Waals surface area contributed by atoms with Gasteiger partial charge in [-0.25, -0.2) is 9.87 Å². The van der Waals surface area contributed by atoms with Gasteiger partial charge in [0.05, 0.1) is 6.61 Å². The number of hydrogen-bond acceptors (Lipinski definition) is 2. The van der Waals surface area contributed by atoms with Crippen LogP contribution in [0.4, 0.5) is 4.39 Å². The molecular weight excluding hydrogens is 221 g/mol. The summed E-state index contributed by atoms with van der Waals surface area (Å²) >= 11 is 0. The van der Waals surface area contributed by atoms with Gasteiger partial charge < -0.3 is 0 Å². The van der Waals surface area contributed by atoms with Gasteiger partial charge in [-0.2, -0.15) is 0 Å². The maximum absolute atomic E-state index is 12.8. The molecule has 0 aliphatic heterocycles. The summed E-state index contributed by atoms with van der Waals surface area (Å²) < 4.78 is 12.8. The van der Waals surface area contributed by atoms with Gasteiger partial charge in [-0.05, 0) is 29.7 Å². The number of benzene rings is 1. The highest BCUT2D eigenvalue weighted by atomic mass is 19.1. The first-order valence-corrected chi connectivity index (χ1v) is 5.43. The number of rotatable bonds is 5. The van der Waals surface area contributed by atoms with Gasteiger partial charge in [-0.15, -0.1) is 0 Å². The molecule has 92 valence electrons. The van der Waals surface area contributed by atoms with E-state index in [1.807, 2.05) is 13.8 Å². The molecule has 0 heterocycles. The fraction of sp³-hybridized carbons (Fsp3) is 0.308. The second-order valence-corrected chi connectivity index (χ2v) is 4.06. The molecule has 0 bridgehead atoms. The van der Waals surface area contributed by atoms with Gasteiger partial charge in [0.2, 0.25) is 0 Å². The number of nitrogens with one attached hydrogen (secondary N) is 1. The van der Waals surface area contributed by atoms with Crippen LogP contribution in [0.5, 0.6) is 0 Å². The van der Waals surface area contributed by atoms with Crippen molar-refractivity contribution in [1.29, 1.82) is 0 Å². The predicted molar refractivity (Wildman–Crippen MR) is 64.4 cm³/mol. The largest absolute Gasteiger partial charge is 0.273 e. The predicted octanol–water partition coefficient (Wildman–Crippen LogP) is 2.54. The SMILES string of the molecule is CC(C)CONC(=O)/C=C/c1cccc(F)c1. The Kier molecular flexibility index (Phi) is 5.36. The van der Waals surface area contributed by atoms with Crippen LogP contribution in [0.2, 0.25) is 0 Å². The van der Waals surface area contributed by atoms with Gasteiger partial charge in [-0.1, -0.05) is 26.0 Å². The zero-order valence-electron chi connectivity index (χ0n) is 9.94. The lowest BCUT2D eigenvalue weighted by atomic mass is 10.2. The normalized spacial score (nSPS) is 11.1. The van der Waals surface area contributed by atoms with Crippen LogP contribution in [0.25, 0.3) is 6.08 Å². The average molecular weight is 237 g/mol. The Morgan fingerprint density at radius 2 is 2.29 bits per heavy atom. The molecule has 1 aromatic rings. The average Bonchev–Trinajstić information content (AvgIpc) is 2.26. The first kappa shape index (κ1) is 13.4. The Morgan fingerprint density at radius 3 is 2.94 bits per heavy atom. The van der Waals surface area contributed by atoms with E-state index in [4.69, 9.17) is 4.84 Å². The maximum atomic E-state index is 12.8. The highest BCUT2D eigenvalue weighted by Gasteiger charge is 1.97. The molecule has 1 N–H and O–H groups in total. The van der Waals surface area contributed by atoms with E-state index in [0.29, 0.717) is 18.1 Å². The molecule has 3 nitrogen and oxygen atoms in total. The summed E-state index contributed by atoms with van der Waals surface area (Å²) in [5.74, 6) is -0.346. The highest BCUT2D eigenvalue weighted by Crippen LogP contribution is 2.04. The molecule has 0 fully saturated rings. The fourth-order valence-electron chi connectivity index (χ4n) is 1.10. The number of carbonyl (C=O) groups is 1. The van der Waals surface area contributed by atoms with Gasteiger partial charge >= 0.3 is 0 Å². The van der Waals surface area contributed by atoms with Crippen molar-refractivity contribution in [1.82, 2.24) is 5.48 Å². The molecule has 0 saturated carbocycles. The lowest BCUT2D eigenvalue weighted by molar-refractivity contribution is -0.129. The molecule has 0 spiro atoms. The summed E-state index contributed by atoms with van der Waals surface area (Å²) in [7, 11) is 0. The summed E-state index contributed by atoms with van der Waals surface area (Å²) in [4.78, 5) is 16.2. The van der Waals surface area contributed by atoms with Gasteiger partial charge in [0.15, 0.2) is 0 Å². The Morgan fingerprint density at radius 1 is 1.53 bits per heavy atom. The third-order valence-corrected chi connectivity index (χ3v) is 1.87. The Labute approximate surface area is 100 Å². The monoisotopic (exact) mass is 237 g/mol. The molecule has 17 heavy (non-hydrogen) atoms. The van der Waals surface area contributed by atoms with Crippen LogP contribution in [-0.4, -0.2) is 12.5 Å². The van der Waals surface area contributed by atoms with Crippen LogP contribution in [-0.2, 0) is 9.63 Å². The van der Waals surface area contributed by atoms with E-state index in [9.17, 15) is 9.18 Å². The first-order valence-electron chi connectivity index (χ1n) is 5.43. The standard InChI is InChI=1S/C13H16FNO2/c1-10(2)9-17-15-13(16)7-6-11-4-3-5-12(14)8-11/h3-8,10H,9H2,1-2H3,(H,15,16)/b7-6+. The lowest BCUT2D eigenvalue weighted by Gasteiger charge is -2.05. The van der Waals surface area contributed by atoms with E-state index >= 15 is 0 Å². The van der Waals surface area contributed by atoms with E-state index in [-0.39, 0.29) is 11.7 Å². The molecule has 0 aliphatic rings. The first-order chi connectivity index (χ1) is 8.08. The van der Waals surface area contributed by atoms with Crippen molar-refractivity contribution >= 4 is 12.0 Å². The number of hydroxylamine groups is 1. The smallest absolute Gasteiger partial charge is 0.267 e. The number of hydrogen-bond donors (Lipinski definition) is 1. The van der Waals surface area contributed by atoms with Crippen LogP contribution in [0.15, 0.2) is 30.3 Å². The summed E-state index contributed by atoms with van der Waals surface area (Å²) in [6, 6.07) is 5.99. The highest BCUT2D eigenvalue weighted by molar-refractivity contribution is 5.90. The molecular formula is C13H16FNO2. The fourth-order valence-corrected chi connectivity index (χ4v) is 1.10. The van der Waals surface area contributed by atoms with E-state index in [1.54, 1.807) is 12.1 Å². The second-order valence-electron chi connectivity index (χ2n) is 4.06. The lowest BCUT2D eigenvalue weighted by Crippen LogP contribution is -2.23. The third kappa shape index (κ3) is 5.82. The van der Waals surface area contributed by atoms with E-state index in [1.165, 1.54) is 24.3 Å². The van der Waals surface area contributed by atoms with Crippen LogP contribution in [0.1, 0.15) is 19.4 Å². The Bertz CT molecular complexity index is 402. The van der Waals surface area contributed by atoms with Crippen LogP contribution >= 0.6 is 0 Å². The zero-order chi connectivity index (χ0) is 12.7. The summed E-state index contributed by atoms with van der Waals surface area (Å²) in [5, 5.41) is 0. The number of amides is 1. The summed E-state index contributed by atoms with van der Waals surface area (Å²) in [6.45, 7) is 4.42. The van der Waals surface area contributed by atoms with Crippen LogP contribution < -0.4 is 5.48 Å². The molecule has 1 amide bonds. The number of carbonyl (C=O) groups excluding carboxylic acids is 1. The topological polar surface area (TPSA) is 38.3 Å². The molecule has 1 rings (SSSR count). The minimum atomic E-state index is -0.366. The van der Waals surface area contributed by atoms with Crippen molar-refractivity contribution in [2.75, 3.05) is 6.61 Å². The minimum absolute atomic E-state index is 0.330. The minimum Gasteiger partial charge on any atom is -0.273 e. The van der Waals surface area contributed by atoms with Crippen molar-refractivity contribution in [3.05, 3.63) is 41.7 Å². The third-order valence-electron chi connectivity index (χ3n) is 1.87. The molecule has 1 aromatic carbocycles. The summed E-state index contributed by atoms with van der Waals surface area (Å²) in [6.07, 6.45) is 2.83. The summed E-state index contributed by atoms with van der Waals surface area (Å²) in [5.41, 5.74) is 2.91. The van der Waals surface area contributed by atoms with E-state index in [2.05, 4.69) is 5.48 Å². The van der Waals surface area contributed by atoms with Gasteiger partial charge in [0.1, 0.15) is 5.82 Å². The van der Waals surface area contributed by atoms with E-state index < -0.39 is 0 Å².